The van der Waals surface area contributed by atoms with Gasteiger partial charge in [-0.15, -0.1) is 0 Å². The van der Waals surface area contributed by atoms with E-state index in [9.17, 15) is 14.0 Å². The molecular weight excluding hydrogens is 305 g/mol. The zero-order valence-corrected chi connectivity index (χ0v) is 11.0. The normalized spacial score (nSPS) is 16.1. The maximum atomic E-state index is 13.1. The highest BCUT2D eigenvalue weighted by molar-refractivity contribution is 9.10. The van der Waals surface area contributed by atoms with Crippen molar-refractivity contribution in [3.8, 4) is 0 Å². The third-order valence-electron chi connectivity index (χ3n) is 3.02. The van der Waals surface area contributed by atoms with E-state index in [-0.39, 0.29) is 12.1 Å². The molecule has 2 rings (SSSR count). The number of aliphatic carboxylic acids is 1. The van der Waals surface area contributed by atoms with Gasteiger partial charge in [-0.3, -0.25) is 9.59 Å². The molecule has 96 valence electrons. The van der Waals surface area contributed by atoms with Gasteiger partial charge in [-0.2, -0.15) is 0 Å². The topological polar surface area (TPSA) is 66.4 Å². The lowest BCUT2D eigenvalue weighted by molar-refractivity contribution is -0.143. The molecule has 1 aromatic rings. The summed E-state index contributed by atoms with van der Waals surface area (Å²) in [5, 5.41) is 11.5. The number of halogens is 2. The van der Waals surface area contributed by atoms with Gasteiger partial charge in [0.25, 0.3) is 5.91 Å². The maximum Gasteiger partial charge on any atom is 0.311 e. The molecule has 0 radical (unpaired) electrons. The zero-order valence-electron chi connectivity index (χ0n) is 9.37. The second-order valence-corrected chi connectivity index (χ2v) is 5.34. The van der Waals surface area contributed by atoms with Gasteiger partial charge >= 0.3 is 5.97 Å². The summed E-state index contributed by atoms with van der Waals surface area (Å²) in [6, 6.07) is 3.84. The minimum atomic E-state index is -0.900. The van der Waals surface area contributed by atoms with Crippen molar-refractivity contribution in [3.63, 3.8) is 0 Å². The highest BCUT2D eigenvalue weighted by Gasteiger charge is 2.50. The maximum absolute atomic E-state index is 13.1. The van der Waals surface area contributed by atoms with E-state index in [4.69, 9.17) is 5.11 Å². The van der Waals surface area contributed by atoms with Crippen LogP contribution in [0.15, 0.2) is 22.7 Å². The summed E-state index contributed by atoms with van der Waals surface area (Å²) in [4.78, 5) is 22.7. The second-order valence-electron chi connectivity index (χ2n) is 4.43. The van der Waals surface area contributed by atoms with E-state index in [0.717, 1.165) is 6.07 Å². The average Bonchev–Trinajstić information content (AvgIpc) is 3.05. The first-order valence-electron chi connectivity index (χ1n) is 5.41. The van der Waals surface area contributed by atoms with Crippen LogP contribution in [0.5, 0.6) is 0 Å². The van der Waals surface area contributed by atoms with Crippen LogP contribution in [0.25, 0.3) is 0 Å². The van der Waals surface area contributed by atoms with Crippen molar-refractivity contribution < 1.29 is 19.1 Å². The molecule has 0 unspecified atom stereocenters. The fourth-order valence-corrected chi connectivity index (χ4v) is 2.12. The summed E-state index contributed by atoms with van der Waals surface area (Å²) in [7, 11) is 0. The molecule has 1 aliphatic rings. The lowest BCUT2D eigenvalue weighted by Crippen LogP contribution is -2.34. The largest absolute Gasteiger partial charge is 0.481 e. The van der Waals surface area contributed by atoms with Crippen LogP contribution in [0.1, 0.15) is 23.2 Å². The predicted molar refractivity (Wildman–Crippen MR) is 65.7 cm³/mol. The van der Waals surface area contributed by atoms with Crippen molar-refractivity contribution in [2.75, 3.05) is 6.54 Å². The zero-order chi connectivity index (χ0) is 13.3. The van der Waals surface area contributed by atoms with Gasteiger partial charge < -0.3 is 10.4 Å². The Morgan fingerprint density at radius 2 is 2.06 bits per heavy atom. The molecule has 0 aliphatic heterocycles. The molecule has 1 amide bonds. The third-order valence-corrected chi connectivity index (χ3v) is 3.48. The lowest BCUT2D eigenvalue weighted by Gasteiger charge is -2.11. The molecule has 0 bridgehead atoms. The summed E-state index contributed by atoms with van der Waals surface area (Å²) in [5.41, 5.74) is -0.650. The summed E-state index contributed by atoms with van der Waals surface area (Å²) >= 11 is 3.09. The van der Waals surface area contributed by atoms with Gasteiger partial charge in [0.05, 0.1) is 5.41 Å². The number of rotatable bonds is 4. The van der Waals surface area contributed by atoms with E-state index >= 15 is 0 Å². The Bertz CT molecular complexity index is 494. The standard InChI is InChI=1S/C12H11BrFNO3/c13-8-3-7(4-9(14)5-8)10(16)15-6-12(1-2-12)11(17)18/h3-5H,1-2,6H2,(H,15,16)(H,17,18). The van der Waals surface area contributed by atoms with Gasteiger partial charge in [0.15, 0.2) is 0 Å². The Labute approximate surface area is 111 Å². The van der Waals surface area contributed by atoms with Gasteiger partial charge in [0.2, 0.25) is 0 Å². The van der Waals surface area contributed by atoms with Gasteiger partial charge in [0.1, 0.15) is 5.82 Å². The van der Waals surface area contributed by atoms with E-state index < -0.39 is 23.1 Å². The summed E-state index contributed by atoms with van der Waals surface area (Å²) in [6.07, 6.45) is 1.13. The van der Waals surface area contributed by atoms with Crippen LogP contribution in [-0.4, -0.2) is 23.5 Å². The van der Waals surface area contributed by atoms with E-state index in [1.807, 2.05) is 0 Å². The monoisotopic (exact) mass is 315 g/mol. The van der Waals surface area contributed by atoms with Crippen LogP contribution in [0.2, 0.25) is 0 Å². The minimum Gasteiger partial charge on any atom is -0.481 e. The molecule has 0 atom stereocenters. The Balaban J connectivity index is 2.02. The molecule has 4 nitrogen and oxygen atoms in total. The fourth-order valence-electron chi connectivity index (χ4n) is 1.65. The van der Waals surface area contributed by atoms with Crippen LogP contribution in [0.4, 0.5) is 4.39 Å². The SMILES string of the molecule is O=C(NCC1(C(=O)O)CC1)c1cc(F)cc(Br)c1. The fraction of sp³-hybridized carbons (Fsp3) is 0.333. The number of hydrogen-bond acceptors (Lipinski definition) is 2. The molecule has 18 heavy (non-hydrogen) atoms. The second kappa shape index (κ2) is 4.68. The van der Waals surface area contributed by atoms with Gasteiger partial charge in [-0.05, 0) is 31.0 Å². The summed E-state index contributed by atoms with van der Waals surface area (Å²) in [5.74, 6) is -1.89. The van der Waals surface area contributed by atoms with E-state index in [1.54, 1.807) is 0 Å². The molecule has 2 N–H and O–H groups in total. The van der Waals surface area contributed by atoms with Crippen molar-refractivity contribution in [1.82, 2.24) is 5.32 Å². The summed E-state index contributed by atoms with van der Waals surface area (Å²) in [6.45, 7) is 0.0787. The Hall–Kier alpha value is -1.43. The Morgan fingerprint density at radius 1 is 1.39 bits per heavy atom. The molecule has 1 fully saturated rings. The number of carboxylic acids is 1. The van der Waals surface area contributed by atoms with Gasteiger partial charge in [-0.25, -0.2) is 4.39 Å². The van der Waals surface area contributed by atoms with Crippen LogP contribution in [-0.2, 0) is 4.79 Å². The number of amides is 1. The van der Waals surface area contributed by atoms with Crippen molar-refractivity contribution in [3.05, 3.63) is 34.1 Å². The van der Waals surface area contributed by atoms with Crippen LogP contribution >= 0.6 is 15.9 Å². The van der Waals surface area contributed by atoms with E-state index in [1.165, 1.54) is 12.1 Å². The van der Waals surface area contributed by atoms with Crippen molar-refractivity contribution in [2.45, 2.75) is 12.8 Å². The van der Waals surface area contributed by atoms with Crippen molar-refractivity contribution in [1.29, 1.82) is 0 Å². The number of carbonyl (C=O) groups is 2. The predicted octanol–water partition coefficient (Wildman–Crippen LogP) is 2.18. The Kier molecular flexibility index (Phi) is 3.38. The highest BCUT2D eigenvalue weighted by Crippen LogP contribution is 2.45. The first kappa shape index (κ1) is 13.0. The molecular formula is C12H11BrFNO3. The number of hydrogen-bond donors (Lipinski definition) is 2. The number of carboxylic acid groups (broad SMARTS) is 1. The van der Waals surface area contributed by atoms with Crippen molar-refractivity contribution >= 4 is 27.8 Å². The molecule has 1 aromatic carbocycles. The van der Waals surface area contributed by atoms with Crippen LogP contribution in [0, 0.1) is 11.2 Å². The third kappa shape index (κ3) is 2.69. The van der Waals surface area contributed by atoms with Crippen molar-refractivity contribution in [2.24, 2.45) is 5.41 Å². The van der Waals surface area contributed by atoms with E-state index in [2.05, 4.69) is 21.2 Å². The minimum absolute atomic E-state index is 0.0787. The van der Waals surface area contributed by atoms with Crippen LogP contribution in [0.3, 0.4) is 0 Å². The first-order valence-corrected chi connectivity index (χ1v) is 6.20. The molecule has 1 saturated carbocycles. The number of nitrogens with one attached hydrogen (secondary N) is 1. The molecule has 0 spiro atoms. The quantitative estimate of drug-likeness (QED) is 0.895. The smallest absolute Gasteiger partial charge is 0.311 e. The number of benzene rings is 1. The lowest BCUT2D eigenvalue weighted by atomic mass is 10.1. The molecule has 0 heterocycles. The summed E-state index contributed by atoms with van der Waals surface area (Å²) < 4.78 is 13.6. The first-order chi connectivity index (χ1) is 8.43. The molecule has 0 aromatic heterocycles. The highest BCUT2D eigenvalue weighted by atomic mass is 79.9. The van der Waals surface area contributed by atoms with Crippen LogP contribution < -0.4 is 5.32 Å². The molecule has 6 heteroatoms. The average molecular weight is 316 g/mol. The van der Waals surface area contributed by atoms with Gasteiger partial charge in [-0.1, -0.05) is 15.9 Å². The Morgan fingerprint density at radius 3 is 2.56 bits per heavy atom. The van der Waals surface area contributed by atoms with Gasteiger partial charge in [0, 0.05) is 16.6 Å². The number of carbonyl (C=O) groups excluding carboxylic acids is 1. The van der Waals surface area contributed by atoms with E-state index in [0.29, 0.717) is 17.3 Å². The molecule has 0 saturated heterocycles. The molecule has 1 aliphatic carbocycles.